The van der Waals surface area contributed by atoms with Crippen LogP contribution in [-0.4, -0.2) is 45.2 Å². The summed E-state index contributed by atoms with van der Waals surface area (Å²) in [5.74, 6) is 7.84. The van der Waals surface area contributed by atoms with Gasteiger partial charge < -0.3 is 24.7 Å². The van der Waals surface area contributed by atoms with Crippen molar-refractivity contribution in [1.82, 2.24) is 19.4 Å². The van der Waals surface area contributed by atoms with E-state index in [1.165, 1.54) is 18.5 Å². The number of nitrogens with two attached hydrogens (primary N) is 1. The molecule has 8 nitrogen and oxygen atoms in total. The summed E-state index contributed by atoms with van der Waals surface area (Å²) in [4.78, 5) is 22.2. The molecule has 33 heavy (non-hydrogen) atoms. The van der Waals surface area contributed by atoms with Crippen LogP contribution < -0.4 is 15.2 Å². The highest BCUT2D eigenvalue weighted by Crippen LogP contribution is 2.52. The summed E-state index contributed by atoms with van der Waals surface area (Å²) >= 11 is 0. The van der Waals surface area contributed by atoms with Gasteiger partial charge in [-0.25, -0.2) is 14.4 Å². The maximum Gasteiger partial charge on any atom is 0.245 e. The third-order valence-electron chi connectivity index (χ3n) is 6.77. The molecule has 6 rings (SSSR count). The second kappa shape index (κ2) is 6.97. The number of hydrogen-bond donors (Lipinski definition) is 1. The summed E-state index contributed by atoms with van der Waals surface area (Å²) in [5.41, 5.74) is 8.87. The molecule has 1 saturated carbocycles. The Morgan fingerprint density at radius 2 is 2.03 bits per heavy atom. The van der Waals surface area contributed by atoms with Crippen molar-refractivity contribution in [1.29, 1.82) is 0 Å². The molecule has 2 aromatic heterocycles. The minimum Gasteiger partial charge on any atom is -0.453 e. The van der Waals surface area contributed by atoms with E-state index in [0.717, 1.165) is 0 Å². The fourth-order valence-corrected chi connectivity index (χ4v) is 5.05. The van der Waals surface area contributed by atoms with E-state index in [0.29, 0.717) is 64.3 Å². The molecular formula is C24H20FN5O3. The molecule has 0 radical (unpaired) electrons. The summed E-state index contributed by atoms with van der Waals surface area (Å²) in [6.07, 6.45) is 2.76. The zero-order valence-electron chi connectivity index (χ0n) is 17.8. The Hall–Kier alpha value is -4.06. The number of likely N-dealkylation sites (tertiary alicyclic amines) is 1. The van der Waals surface area contributed by atoms with Gasteiger partial charge in [0, 0.05) is 37.2 Å². The molecule has 1 saturated heterocycles. The predicted molar refractivity (Wildman–Crippen MR) is 119 cm³/mol. The molecule has 2 fully saturated rings. The molecule has 0 unspecified atom stereocenters. The lowest BCUT2D eigenvalue weighted by atomic mass is 10.0. The van der Waals surface area contributed by atoms with Crippen LogP contribution in [0.25, 0.3) is 22.2 Å². The highest BCUT2D eigenvalue weighted by molar-refractivity contribution is 6.05. The van der Waals surface area contributed by atoms with Crippen molar-refractivity contribution in [3.8, 4) is 34.5 Å². The quantitative estimate of drug-likeness (QED) is 0.481. The van der Waals surface area contributed by atoms with Crippen LogP contribution >= 0.6 is 0 Å². The maximum absolute atomic E-state index is 14.3. The Morgan fingerprint density at radius 1 is 1.27 bits per heavy atom. The van der Waals surface area contributed by atoms with Gasteiger partial charge in [0.25, 0.3) is 0 Å². The first-order valence-electron chi connectivity index (χ1n) is 10.6. The molecule has 1 aromatic carbocycles. The number of aromatic nitrogens is 3. The van der Waals surface area contributed by atoms with Crippen molar-refractivity contribution < 1.29 is 18.7 Å². The number of carbonyl (C=O) groups excluding carboxylic acids is 1. The van der Waals surface area contributed by atoms with Gasteiger partial charge in [0.05, 0.1) is 5.39 Å². The van der Waals surface area contributed by atoms with Crippen LogP contribution in [0.3, 0.4) is 0 Å². The second-order valence-corrected chi connectivity index (χ2v) is 8.47. The number of nitrogen functional groups attached to an aromatic ring is 1. The average Bonchev–Trinajstić information content (AvgIpc) is 3.23. The Kier molecular flexibility index (Phi) is 4.14. The summed E-state index contributed by atoms with van der Waals surface area (Å²) < 4.78 is 27.1. The number of hydrogen-bond acceptors (Lipinski definition) is 6. The molecule has 3 atom stereocenters. The van der Waals surface area contributed by atoms with Crippen LogP contribution in [0.2, 0.25) is 0 Å². The first-order valence-corrected chi connectivity index (χ1v) is 10.6. The molecule has 166 valence electrons. The van der Waals surface area contributed by atoms with Gasteiger partial charge in [-0.1, -0.05) is 12.5 Å². The van der Waals surface area contributed by atoms with Gasteiger partial charge in [-0.05, 0) is 36.0 Å². The minimum atomic E-state index is -0.493. The van der Waals surface area contributed by atoms with Crippen LogP contribution in [-0.2, 0) is 11.8 Å². The van der Waals surface area contributed by atoms with E-state index in [1.54, 1.807) is 6.07 Å². The van der Waals surface area contributed by atoms with Gasteiger partial charge in [-0.2, -0.15) is 0 Å². The number of nitrogens with zero attached hydrogens (tertiary/aromatic N) is 4. The molecule has 3 aromatic rings. The highest BCUT2D eigenvalue weighted by atomic mass is 19.1. The monoisotopic (exact) mass is 445 g/mol. The fourth-order valence-electron chi connectivity index (χ4n) is 5.05. The number of carbonyl (C=O) groups is 1. The van der Waals surface area contributed by atoms with Crippen molar-refractivity contribution in [2.75, 3.05) is 25.6 Å². The van der Waals surface area contributed by atoms with E-state index in [4.69, 9.17) is 15.2 Å². The third kappa shape index (κ3) is 2.80. The number of rotatable bonds is 2. The lowest BCUT2D eigenvalue weighted by Crippen LogP contribution is -2.29. The average molecular weight is 445 g/mol. The number of amides is 1. The molecule has 0 spiro atoms. The van der Waals surface area contributed by atoms with Crippen LogP contribution in [0.5, 0.6) is 11.5 Å². The number of benzene rings is 1. The number of anilines is 1. The lowest BCUT2D eigenvalue weighted by molar-refractivity contribution is -0.125. The number of aryl methyl sites for hydroxylation is 1. The number of fused-ring (bicyclic) bond motifs is 3. The molecule has 9 heteroatoms. The Morgan fingerprint density at radius 3 is 2.79 bits per heavy atom. The van der Waals surface area contributed by atoms with E-state index in [2.05, 4.69) is 28.4 Å². The van der Waals surface area contributed by atoms with Crippen LogP contribution in [0.4, 0.5) is 10.2 Å². The lowest BCUT2D eigenvalue weighted by Gasteiger charge is -2.16. The molecule has 1 aliphatic carbocycles. The number of piperidine rings is 1. The zero-order chi connectivity index (χ0) is 22.9. The van der Waals surface area contributed by atoms with E-state index in [-0.39, 0.29) is 24.4 Å². The number of halogens is 1. The summed E-state index contributed by atoms with van der Waals surface area (Å²) in [7, 11) is 1.86. The fraction of sp³-hybridized carbons (Fsp3) is 0.292. The van der Waals surface area contributed by atoms with E-state index >= 15 is 0 Å². The van der Waals surface area contributed by atoms with Crippen molar-refractivity contribution in [3.05, 3.63) is 42.6 Å². The minimum absolute atomic E-state index is 0.0358. The second-order valence-electron chi connectivity index (χ2n) is 8.47. The number of ether oxygens (including phenoxy) is 2. The third-order valence-corrected chi connectivity index (χ3v) is 6.77. The van der Waals surface area contributed by atoms with Gasteiger partial charge in [0.2, 0.25) is 18.4 Å². The smallest absolute Gasteiger partial charge is 0.245 e. The zero-order valence-corrected chi connectivity index (χ0v) is 17.8. The molecular weight excluding hydrogens is 425 g/mol. The van der Waals surface area contributed by atoms with Crippen molar-refractivity contribution in [2.24, 2.45) is 24.8 Å². The first-order chi connectivity index (χ1) is 16.0. The van der Waals surface area contributed by atoms with Crippen LogP contribution in [0, 0.1) is 35.4 Å². The molecule has 3 aliphatic rings. The first kappa shape index (κ1) is 19.6. The van der Waals surface area contributed by atoms with Gasteiger partial charge in [0.1, 0.15) is 23.5 Å². The SMILES string of the molecule is C=CC(=O)N1C[C@@H]2[C@@H](C#Cc3c(-c4ccc(F)c5c4OCO5)c4c(N)ncnc4n3C)[C@@H]2C1. The maximum atomic E-state index is 14.3. The molecule has 2 N–H and O–H groups in total. The van der Waals surface area contributed by atoms with Crippen molar-refractivity contribution in [2.45, 2.75) is 0 Å². The largest absolute Gasteiger partial charge is 0.453 e. The normalized spacial score (nSPS) is 22.1. The van der Waals surface area contributed by atoms with E-state index in [9.17, 15) is 9.18 Å². The Bertz CT molecular complexity index is 1410. The summed E-state index contributed by atoms with van der Waals surface area (Å²) in [6.45, 7) is 4.90. The van der Waals surface area contributed by atoms with E-state index in [1.807, 2.05) is 16.5 Å². The predicted octanol–water partition coefficient (Wildman–Crippen LogP) is 2.33. The molecule has 0 bridgehead atoms. The standard InChI is InChI=1S/C24H20FN5O3/c1-3-18(31)30-8-14-12(15(14)9-30)5-7-17-19(20-23(26)27-10-28-24(20)29(17)2)13-4-6-16(25)22-21(13)32-11-33-22/h3-4,6,10,12,14-15H,1,8-9,11H2,2H3,(H2,26,27,28)/t12-,14-,15+. The molecule has 1 amide bonds. The Balaban J connectivity index is 1.45. The van der Waals surface area contributed by atoms with Crippen LogP contribution in [0.1, 0.15) is 5.69 Å². The molecule has 2 aliphatic heterocycles. The Labute approximate surface area is 188 Å². The van der Waals surface area contributed by atoms with Gasteiger partial charge in [-0.3, -0.25) is 4.79 Å². The topological polar surface area (TPSA) is 95.5 Å². The van der Waals surface area contributed by atoms with Crippen molar-refractivity contribution >= 4 is 22.8 Å². The summed E-state index contributed by atoms with van der Waals surface area (Å²) in [5, 5.41) is 0.632. The van der Waals surface area contributed by atoms with Gasteiger partial charge in [-0.15, -0.1) is 0 Å². The van der Waals surface area contributed by atoms with Gasteiger partial charge >= 0.3 is 0 Å². The van der Waals surface area contributed by atoms with E-state index < -0.39 is 5.82 Å². The molecule has 4 heterocycles. The van der Waals surface area contributed by atoms with Gasteiger partial charge in [0.15, 0.2) is 11.6 Å². The van der Waals surface area contributed by atoms with Crippen molar-refractivity contribution in [3.63, 3.8) is 0 Å². The highest BCUT2D eigenvalue weighted by Gasteiger charge is 2.55. The van der Waals surface area contributed by atoms with Crippen LogP contribution in [0.15, 0.2) is 31.1 Å². The summed E-state index contributed by atoms with van der Waals surface area (Å²) in [6, 6.07) is 2.98.